The molecule has 0 atom stereocenters. The Morgan fingerprint density at radius 2 is 2.00 bits per heavy atom. The fraction of sp³-hybridized carbons (Fsp3) is 0.429. The number of hydrogen-bond acceptors (Lipinski definition) is 6. The molecule has 0 bridgehead atoms. The van der Waals surface area contributed by atoms with Crippen LogP contribution in [-0.2, 0) is 21.8 Å². The Morgan fingerprint density at radius 3 is 2.57 bits per heavy atom. The largest absolute Gasteiger partial charge is 0.378 e. The molecule has 1 fully saturated rings. The molecule has 1 N–H and O–H groups in total. The summed E-state index contributed by atoms with van der Waals surface area (Å²) in [5, 5.41) is 4.12. The fourth-order valence-corrected chi connectivity index (χ4v) is 3.44. The van der Waals surface area contributed by atoms with Crippen LogP contribution < -0.4 is 9.62 Å². The van der Waals surface area contributed by atoms with E-state index in [1.54, 1.807) is 32.2 Å². The average Bonchev–Trinajstić information content (AvgIpc) is 2.85. The number of ether oxygens (including phenoxy) is 1. The zero-order chi connectivity index (χ0) is 16.4. The number of hydrogen-bond donors (Lipinski definition) is 1. The molecule has 2 aromatic rings. The lowest BCUT2D eigenvalue weighted by molar-refractivity contribution is 0.122. The smallest absolute Gasteiger partial charge is 0.264 e. The minimum Gasteiger partial charge on any atom is -0.378 e. The summed E-state index contributed by atoms with van der Waals surface area (Å²) in [4.78, 5) is 6.45. The van der Waals surface area contributed by atoms with Gasteiger partial charge in [0, 0.05) is 32.4 Å². The number of anilines is 2. The second-order valence-electron chi connectivity index (χ2n) is 5.35. The number of aryl methyl sites for hydroxylation is 2. The van der Waals surface area contributed by atoms with Gasteiger partial charge in [-0.3, -0.25) is 9.40 Å². The molecule has 124 valence electrons. The number of rotatable bonds is 4. The van der Waals surface area contributed by atoms with Crippen molar-refractivity contribution < 1.29 is 13.2 Å². The van der Waals surface area contributed by atoms with E-state index in [4.69, 9.17) is 4.74 Å². The van der Waals surface area contributed by atoms with Crippen molar-refractivity contribution >= 4 is 21.7 Å². The van der Waals surface area contributed by atoms with Crippen LogP contribution in [0.15, 0.2) is 29.3 Å². The van der Waals surface area contributed by atoms with Gasteiger partial charge < -0.3 is 9.64 Å². The molecule has 1 aliphatic rings. The monoisotopic (exact) mass is 337 g/mol. The highest BCUT2D eigenvalue weighted by Gasteiger charge is 2.18. The average molecular weight is 337 g/mol. The van der Waals surface area contributed by atoms with Crippen LogP contribution in [0.1, 0.15) is 5.69 Å². The van der Waals surface area contributed by atoms with Gasteiger partial charge in [0.15, 0.2) is 0 Å². The SMILES string of the molecule is Cc1cc(NS(=O)(=O)c2ccc(N3CCOCC3)nc2)n(C)n1. The molecule has 9 heteroatoms. The Hall–Kier alpha value is -2.13. The Labute approximate surface area is 135 Å². The maximum Gasteiger partial charge on any atom is 0.264 e. The van der Waals surface area contributed by atoms with E-state index >= 15 is 0 Å². The van der Waals surface area contributed by atoms with Crippen molar-refractivity contribution in [2.75, 3.05) is 35.9 Å². The van der Waals surface area contributed by atoms with Gasteiger partial charge in [-0.1, -0.05) is 0 Å². The third kappa shape index (κ3) is 3.45. The molecule has 0 spiro atoms. The van der Waals surface area contributed by atoms with Gasteiger partial charge in [-0.25, -0.2) is 13.4 Å². The Balaban J connectivity index is 1.78. The van der Waals surface area contributed by atoms with E-state index in [-0.39, 0.29) is 4.90 Å². The fourth-order valence-electron chi connectivity index (χ4n) is 2.41. The maximum atomic E-state index is 12.4. The van der Waals surface area contributed by atoms with Crippen LogP contribution in [0.2, 0.25) is 0 Å². The first-order chi connectivity index (χ1) is 11.0. The van der Waals surface area contributed by atoms with Crippen LogP contribution in [0, 0.1) is 6.92 Å². The van der Waals surface area contributed by atoms with Crippen LogP contribution in [0.3, 0.4) is 0 Å². The number of aromatic nitrogens is 3. The Bertz CT molecular complexity index is 779. The first-order valence-corrected chi connectivity index (χ1v) is 8.76. The van der Waals surface area contributed by atoms with Crippen molar-refractivity contribution in [2.24, 2.45) is 7.05 Å². The topological polar surface area (TPSA) is 89.4 Å². The van der Waals surface area contributed by atoms with Crippen LogP contribution in [-0.4, -0.2) is 49.5 Å². The highest BCUT2D eigenvalue weighted by Crippen LogP contribution is 2.19. The van der Waals surface area contributed by atoms with Gasteiger partial charge in [0.05, 0.1) is 18.9 Å². The van der Waals surface area contributed by atoms with E-state index < -0.39 is 10.0 Å². The van der Waals surface area contributed by atoms with E-state index in [2.05, 4.69) is 19.7 Å². The molecular formula is C14H19N5O3S. The maximum absolute atomic E-state index is 12.4. The van der Waals surface area contributed by atoms with Gasteiger partial charge in [0.25, 0.3) is 10.0 Å². The zero-order valence-corrected chi connectivity index (χ0v) is 13.9. The minimum absolute atomic E-state index is 0.119. The summed E-state index contributed by atoms with van der Waals surface area (Å²) in [5.74, 6) is 1.17. The molecule has 0 aromatic carbocycles. The van der Waals surface area contributed by atoms with Gasteiger partial charge in [-0.2, -0.15) is 5.10 Å². The molecule has 1 aliphatic heterocycles. The van der Waals surface area contributed by atoms with Gasteiger partial charge in [0.1, 0.15) is 16.5 Å². The van der Waals surface area contributed by atoms with Crippen molar-refractivity contribution in [2.45, 2.75) is 11.8 Å². The molecule has 23 heavy (non-hydrogen) atoms. The van der Waals surface area contributed by atoms with Crippen LogP contribution >= 0.6 is 0 Å². The predicted molar refractivity (Wildman–Crippen MR) is 86.0 cm³/mol. The number of pyridine rings is 1. The van der Waals surface area contributed by atoms with Crippen LogP contribution in [0.4, 0.5) is 11.6 Å². The summed E-state index contributed by atoms with van der Waals surface area (Å²) < 4.78 is 34.2. The number of nitrogens with zero attached hydrogens (tertiary/aromatic N) is 4. The second-order valence-corrected chi connectivity index (χ2v) is 7.03. The minimum atomic E-state index is -3.69. The summed E-state index contributed by atoms with van der Waals surface area (Å²) in [7, 11) is -2.00. The van der Waals surface area contributed by atoms with Gasteiger partial charge in [-0.15, -0.1) is 0 Å². The molecule has 2 aromatic heterocycles. The first-order valence-electron chi connectivity index (χ1n) is 7.28. The highest BCUT2D eigenvalue weighted by molar-refractivity contribution is 7.92. The molecule has 3 rings (SSSR count). The lowest BCUT2D eigenvalue weighted by atomic mass is 10.4. The lowest BCUT2D eigenvalue weighted by Gasteiger charge is -2.27. The summed E-state index contributed by atoms with van der Waals surface area (Å²) in [6.07, 6.45) is 1.37. The number of sulfonamides is 1. The quantitative estimate of drug-likeness (QED) is 0.886. The van der Waals surface area contributed by atoms with Crippen molar-refractivity contribution in [3.63, 3.8) is 0 Å². The van der Waals surface area contributed by atoms with E-state index in [1.807, 2.05) is 0 Å². The standard InChI is InChI=1S/C14H19N5O3S/c1-11-9-14(18(2)16-11)17-23(20,21)12-3-4-13(15-10-12)19-5-7-22-8-6-19/h3-4,9-10,17H,5-8H2,1-2H3. The molecule has 0 unspecified atom stereocenters. The van der Waals surface area contributed by atoms with Crippen LogP contribution in [0.25, 0.3) is 0 Å². The van der Waals surface area contributed by atoms with Crippen molar-refractivity contribution in [1.82, 2.24) is 14.8 Å². The highest BCUT2D eigenvalue weighted by atomic mass is 32.2. The Kier molecular flexibility index (Phi) is 4.22. The predicted octanol–water partition coefficient (Wildman–Crippen LogP) is 0.761. The van der Waals surface area contributed by atoms with Crippen molar-refractivity contribution in [3.05, 3.63) is 30.1 Å². The molecule has 0 aliphatic carbocycles. The molecule has 3 heterocycles. The van der Waals surface area contributed by atoms with Crippen molar-refractivity contribution in [1.29, 1.82) is 0 Å². The van der Waals surface area contributed by atoms with Gasteiger partial charge in [-0.05, 0) is 19.1 Å². The lowest BCUT2D eigenvalue weighted by Crippen LogP contribution is -2.36. The zero-order valence-electron chi connectivity index (χ0n) is 13.1. The van der Waals surface area contributed by atoms with Gasteiger partial charge in [0.2, 0.25) is 0 Å². The Morgan fingerprint density at radius 1 is 1.26 bits per heavy atom. The summed E-state index contributed by atoms with van der Waals surface area (Å²) >= 11 is 0. The molecule has 0 saturated carbocycles. The van der Waals surface area contributed by atoms with Crippen LogP contribution in [0.5, 0.6) is 0 Å². The molecule has 8 nitrogen and oxygen atoms in total. The van der Waals surface area contributed by atoms with Crippen molar-refractivity contribution in [3.8, 4) is 0 Å². The third-order valence-electron chi connectivity index (χ3n) is 3.61. The van der Waals surface area contributed by atoms with E-state index in [0.29, 0.717) is 19.0 Å². The molecular weight excluding hydrogens is 318 g/mol. The normalized spacial score (nSPS) is 15.7. The number of morpholine rings is 1. The van der Waals surface area contributed by atoms with E-state index in [0.717, 1.165) is 24.6 Å². The second kappa shape index (κ2) is 6.17. The summed E-state index contributed by atoms with van der Waals surface area (Å²) in [5.41, 5.74) is 0.742. The third-order valence-corrected chi connectivity index (χ3v) is 4.95. The summed E-state index contributed by atoms with van der Waals surface area (Å²) in [6.45, 7) is 4.63. The molecule has 0 amide bonds. The number of nitrogens with one attached hydrogen (secondary N) is 1. The molecule has 1 saturated heterocycles. The van der Waals surface area contributed by atoms with E-state index in [9.17, 15) is 8.42 Å². The summed E-state index contributed by atoms with van der Waals surface area (Å²) in [6, 6.07) is 4.95. The first kappa shape index (κ1) is 15.8. The molecule has 0 radical (unpaired) electrons. The van der Waals surface area contributed by atoms with E-state index in [1.165, 1.54) is 10.9 Å². The van der Waals surface area contributed by atoms with Gasteiger partial charge >= 0.3 is 0 Å².